The summed E-state index contributed by atoms with van der Waals surface area (Å²) in [7, 11) is 1.61. The van der Waals surface area contributed by atoms with Gasteiger partial charge in [0, 0.05) is 19.7 Å². The maximum absolute atomic E-state index is 11.7. The number of nitrogens with zero attached hydrogens (tertiary/aromatic N) is 1. The quantitative estimate of drug-likeness (QED) is 0.746. The average molecular weight is 227 g/mol. The van der Waals surface area contributed by atoms with Crippen molar-refractivity contribution in [2.45, 2.75) is 34.1 Å². The number of carbonyl (C=O) groups is 2. The van der Waals surface area contributed by atoms with Crippen LogP contribution in [0.3, 0.4) is 0 Å². The maximum Gasteiger partial charge on any atom is 0.305 e. The first-order valence-corrected chi connectivity index (χ1v) is 5.30. The highest BCUT2D eigenvalue weighted by molar-refractivity contribution is 5.88. The van der Waals surface area contributed by atoms with E-state index < -0.39 is 5.97 Å². The summed E-state index contributed by atoms with van der Waals surface area (Å²) in [4.78, 5) is 23.4. The predicted octanol–water partition coefficient (Wildman–Crippen LogP) is 1.91. The number of aliphatic carboxylic acids is 1. The minimum absolute atomic E-state index is 0.0232. The average Bonchev–Trinajstić information content (AvgIpc) is 2.12. The molecule has 4 heteroatoms. The summed E-state index contributed by atoms with van der Waals surface area (Å²) in [6, 6.07) is 0. The standard InChI is InChI=1S/C12H21NO3/c1-9(12(2,3)4)8-10(14)13(5)7-6-11(15)16/h8H,6-7H2,1-5H3,(H,15,16)/b9-8-. The fourth-order valence-electron chi connectivity index (χ4n) is 0.885. The number of amides is 1. The lowest BCUT2D eigenvalue weighted by Gasteiger charge is -2.21. The summed E-state index contributed by atoms with van der Waals surface area (Å²) in [6.07, 6.45) is 1.55. The summed E-state index contributed by atoms with van der Waals surface area (Å²) in [5.74, 6) is -1.04. The van der Waals surface area contributed by atoms with Crippen molar-refractivity contribution in [1.29, 1.82) is 0 Å². The van der Waals surface area contributed by atoms with Crippen molar-refractivity contribution in [1.82, 2.24) is 4.90 Å². The Labute approximate surface area is 96.9 Å². The molecule has 0 aromatic carbocycles. The second-order valence-electron chi connectivity index (χ2n) is 4.98. The third kappa shape index (κ3) is 5.53. The van der Waals surface area contributed by atoms with E-state index in [2.05, 4.69) is 0 Å². The third-order valence-corrected chi connectivity index (χ3v) is 2.56. The second-order valence-corrected chi connectivity index (χ2v) is 4.98. The summed E-state index contributed by atoms with van der Waals surface area (Å²) in [5, 5.41) is 8.50. The normalized spacial score (nSPS) is 12.4. The Morgan fingerprint density at radius 2 is 1.81 bits per heavy atom. The van der Waals surface area contributed by atoms with Crippen LogP contribution in [-0.4, -0.2) is 35.5 Å². The number of hydrogen-bond donors (Lipinski definition) is 1. The number of carbonyl (C=O) groups excluding carboxylic acids is 1. The Hall–Kier alpha value is -1.32. The van der Waals surface area contributed by atoms with Gasteiger partial charge in [-0.1, -0.05) is 26.3 Å². The van der Waals surface area contributed by atoms with Crippen molar-refractivity contribution in [3.05, 3.63) is 11.6 Å². The Morgan fingerprint density at radius 3 is 2.19 bits per heavy atom. The summed E-state index contributed by atoms with van der Waals surface area (Å²) in [5.41, 5.74) is 0.947. The van der Waals surface area contributed by atoms with Gasteiger partial charge in [0.05, 0.1) is 6.42 Å². The monoisotopic (exact) mass is 227 g/mol. The van der Waals surface area contributed by atoms with E-state index in [0.717, 1.165) is 5.57 Å². The molecule has 1 N–H and O–H groups in total. The molecule has 1 amide bonds. The lowest BCUT2D eigenvalue weighted by Crippen LogP contribution is -2.28. The van der Waals surface area contributed by atoms with Crippen molar-refractivity contribution < 1.29 is 14.7 Å². The molecule has 0 aliphatic heterocycles. The van der Waals surface area contributed by atoms with Gasteiger partial charge in [0.15, 0.2) is 0 Å². The molecule has 0 rings (SSSR count). The highest BCUT2D eigenvalue weighted by Gasteiger charge is 2.15. The van der Waals surface area contributed by atoms with Crippen LogP contribution in [-0.2, 0) is 9.59 Å². The second kappa shape index (κ2) is 5.68. The highest BCUT2D eigenvalue weighted by atomic mass is 16.4. The van der Waals surface area contributed by atoms with E-state index in [9.17, 15) is 9.59 Å². The number of carboxylic acid groups (broad SMARTS) is 1. The molecule has 0 unspecified atom stereocenters. The Morgan fingerprint density at radius 1 is 1.31 bits per heavy atom. The van der Waals surface area contributed by atoms with E-state index in [-0.39, 0.29) is 24.3 Å². The van der Waals surface area contributed by atoms with Crippen molar-refractivity contribution in [2.75, 3.05) is 13.6 Å². The minimum atomic E-state index is -0.892. The lowest BCUT2D eigenvalue weighted by molar-refractivity contribution is -0.137. The highest BCUT2D eigenvalue weighted by Crippen LogP contribution is 2.24. The molecule has 0 aliphatic rings. The zero-order chi connectivity index (χ0) is 12.9. The van der Waals surface area contributed by atoms with E-state index in [0.29, 0.717) is 0 Å². The molecule has 0 aromatic rings. The molecule has 0 atom stereocenters. The molecular weight excluding hydrogens is 206 g/mol. The molecule has 0 heterocycles. The number of allylic oxidation sites excluding steroid dienone is 1. The van der Waals surface area contributed by atoms with E-state index in [1.54, 1.807) is 13.1 Å². The largest absolute Gasteiger partial charge is 0.481 e. The van der Waals surface area contributed by atoms with E-state index in [4.69, 9.17) is 5.11 Å². The zero-order valence-electron chi connectivity index (χ0n) is 10.7. The van der Waals surface area contributed by atoms with Crippen molar-refractivity contribution in [3.63, 3.8) is 0 Å². The van der Waals surface area contributed by atoms with Crippen LogP contribution in [0.1, 0.15) is 34.1 Å². The van der Waals surface area contributed by atoms with Gasteiger partial charge in [-0.2, -0.15) is 0 Å². The number of hydrogen-bond acceptors (Lipinski definition) is 2. The predicted molar refractivity (Wildman–Crippen MR) is 63.1 cm³/mol. The first-order valence-electron chi connectivity index (χ1n) is 5.30. The molecule has 0 saturated heterocycles. The molecule has 0 aromatic heterocycles. The molecular formula is C12H21NO3. The van der Waals surface area contributed by atoms with Gasteiger partial charge in [-0.05, 0) is 12.3 Å². The molecule has 0 spiro atoms. The van der Waals surface area contributed by atoms with Crippen LogP contribution in [0.4, 0.5) is 0 Å². The van der Waals surface area contributed by atoms with Crippen molar-refractivity contribution in [3.8, 4) is 0 Å². The molecule has 0 fully saturated rings. The topological polar surface area (TPSA) is 57.6 Å². The van der Waals surface area contributed by atoms with Crippen LogP contribution in [0.25, 0.3) is 0 Å². The van der Waals surface area contributed by atoms with Gasteiger partial charge in [-0.3, -0.25) is 9.59 Å². The summed E-state index contributed by atoms with van der Waals surface area (Å²) < 4.78 is 0. The molecule has 0 saturated carbocycles. The molecule has 92 valence electrons. The van der Waals surface area contributed by atoms with Crippen LogP contribution in [0, 0.1) is 5.41 Å². The van der Waals surface area contributed by atoms with Crippen LogP contribution in [0.5, 0.6) is 0 Å². The first-order chi connectivity index (χ1) is 7.14. The first kappa shape index (κ1) is 14.7. The number of carboxylic acids is 1. The van der Waals surface area contributed by atoms with Gasteiger partial charge >= 0.3 is 5.97 Å². The number of likely N-dealkylation sites (N-methyl/N-ethyl adjacent to an activating group) is 1. The van der Waals surface area contributed by atoms with Crippen molar-refractivity contribution >= 4 is 11.9 Å². The molecule has 0 radical (unpaired) electrons. The Kier molecular flexibility index (Phi) is 5.21. The van der Waals surface area contributed by atoms with Gasteiger partial charge in [-0.15, -0.1) is 0 Å². The SMILES string of the molecule is C/C(=C/C(=O)N(C)CCC(=O)O)C(C)(C)C. The van der Waals surface area contributed by atoms with Crippen LogP contribution < -0.4 is 0 Å². The van der Waals surface area contributed by atoms with Gasteiger partial charge in [0.1, 0.15) is 0 Å². The zero-order valence-corrected chi connectivity index (χ0v) is 10.7. The number of rotatable bonds is 4. The Bertz CT molecular complexity index is 300. The summed E-state index contributed by atoms with van der Waals surface area (Å²) in [6.45, 7) is 8.24. The van der Waals surface area contributed by atoms with Gasteiger partial charge in [-0.25, -0.2) is 0 Å². The van der Waals surface area contributed by atoms with E-state index in [1.807, 2.05) is 27.7 Å². The maximum atomic E-state index is 11.7. The van der Waals surface area contributed by atoms with Gasteiger partial charge < -0.3 is 10.0 Å². The lowest BCUT2D eigenvalue weighted by atomic mass is 9.87. The minimum Gasteiger partial charge on any atom is -0.481 e. The van der Waals surface area contributed by atoms with Crippen LogP contribution in [0.15, 0.2) is 11.6 Å². The fraction of sp³-hybridized carbons (Fsp3) is 0.667. The van der Waals surface area contributed by atoms with Crippen LogP contribution in [0.2, 0.25) is 0 Å². The Balaban J connectivity index is 4.41. The molecule has 0 aliphatic carbocycles. The van der Waals surface area contributed by atoms with E-state index in [1.165, 1.54) is 4.90 Å². The summed E-state index contributed by atoms with van der Waals surface area (Å²) >= 11 is 0. The van der Waals surface area contributed by atoms with Crippen molar-refractivity contribution in [2.24, 2.45) is 5.41 Å². The molecule has 16 heavy (non-hydrogen) atoms. The van der Waals surface area contributed by atoms with E-state index >= 15 is 0 Å². The van der Waals surface area contributed by atoms with Crippen LogP contribution >= 0.6 is 0 Å². The fourth-order valence-corrected chi connectivity index (χ4v) is 0.885. The molecule has 0 bridgehead atoms. The van der Waals surface area contributed by atoms with Gasteiger partial charge in [0.25, 0.3) is 0 Å². The third-order valence-electron chi connectivity index (χ3n) is 2.56. The van der Waals surface area contributed by atoms with Gasteiger partial charge in [0.2, 0.25) is 5.91 Å². The smallest absolute Gasteiger partial charge is 0.305 e. The molecule has 4 nitrogen and oxygen atoms in total.